The van der Waals surface area contributed by atoms with Crippen LogP contribution in [0.3, 0.4) is 0 Å². The molecular formula is C18H18N2O2S. The van der Waals surface area contributed by atoms with Crippen LogP contribution in [0.25, 0.3) is 10.2 Å². The fourth-order valence-electron chi connectivity index (χ4n) is 2.56. The highest BCUT2D eigenvalue weighted by molar-refractivity contribution is 7.22. The van der Waals surface area contributed by atoms with Gasteiger partial charge >= 0.3 is 0 Å². The largest absolute Gasteiger partial charge is 0.494 e. The average Bonchev–Trinajstić information content (AvgIpc) is 2.92. The Hall–Kier alpha value is -2.40. The number of anilines is 1. The number of carbonyl (C=O) groups excluding carboxylic acids is 1. The van der Waals surface area contributed by atoms with Crippen molar-refractivity contribution in [3.05, 3.63) is 52.6 Å². The third-order valence-electron chi connectivity index (χ3n) is 3.77. The molecular weight excluding hydrogens is 308 g/mol. The van der Waals surface area contributed by atoms with Crippen molar-refractivity contribution in [2.24, 2.45) is 0 Å². The zero-order chi connectivity index (χ0) is 16.6. The summed E-state index contributed by atoms with van der Waals surface area (Å²) < 4.78 is 6.38. The molecule has 0 aliphatic rings. The maximum Gasteiger partial charge on any atom is 0.257 e. The van der Waals surface area contributed by atoms with E-state index in [2.05, 4.69) is 10.3 Å². The first kappa shape index (κ1) is 15.5. The molecule has 2 aromatic carbocycles. The van der Waals surface area contributed by atoms with Gasteiger partial charge in [-0.25, -0.2) is 4.98 Å². The van der Waals surface area contributed by atoms with Gasteiger partial charge in [0.1, 0.15) is 11.3 Å². The molecule has 23 heavy (non-hydrogen) atoms. The van der Waals surface area contributed by atoms with Crippen LogP contribution < -0.4 is 10.1 Å². The van der Waals surface area contributed by atoms with Crippen LogP contribution >= 0.6 is 11.3 Å². The molecule has 118 valence electrons. The van der Waals surface area contributed by atoms with Gasteiger partial charge in [-0.15, -0.1) is 0 Å². The Kier molecular flexibility index (Phi) is 4.05. The maximum atomic E-state index is 12.5. The number of rotatable bonds is 3. The molecule has 1 aromatic heterocycles. The lowest BCUT2D eigenvalue weighted by molar-refractivity contribution is 0.102. The summed E-state index contributed by atoms with van der Waals surface area (Å²) in [4.78, 5) is 17.0. The lowest BCUT2D eigenvalue weighted by atomic mass is 10.1. The predicted octanol–water partition coefficient (Wildman–Crippen LogP) is 4.48. The van der Waals surface area contributed by atoms with E-state index in [1.165, 1.54) is 11.3 Å². The molecule has 1 N–H and O–H groups in total. The number of nitrogens with zero attached hydrogens (tertiary/aromatic N) is 1. The van der Waals surface area contributed by atoms with Crippen LogP contribution in [0.1, 0.15) is 27.0 Å². The Morgan fingerprint density at radius 2 is 1.91 bits per heavy atom. The molecule has 3 aromatic rings. The molecule has 3 rings (SSSR count). The van der Waals surface area contributed by atoms with Crippen molar-refractivity contribution >= 4 is 32.6 Å². The first-order valence-corrected chi connectivity index (χ1v) is 8.14. The van der Waals surface area contributed by atoms with Gasteiger partial charge in [0.15, 0.2) is 5.13 Å². The van der Waals surface area contributed by atoms with Crippen molar-refractivity contribution in [1.29, 1.82) is 0 Å². The summed E-state index contributed by atoms with van der Waals surface area (Å²) in [6.45, 7) is 5.97. The summed E-state index contributed by atoms with van der Waals surface area (Å²) in [6, 6.07) is 9.68. The van der Waals surface area contributed by atoms with E-state index in [1.807, 2.05) is 51.1 Å². The molecule has 0 saturated carbocycles. The van der Waals surface area contributed by atoms with E-state index in [1.54, 1.807) is 7.11 Å². The first-order valence-electron chi connectivity index (χ1n) is 7.32. The van der Waals surface area contributed by atoms with E-state index >= 15 is 0 Å². The van der Waals surface area contributed by atoms with Crippen molar-refractivity contribution in [2.45, 2.75) is 20.8 Å². The summed E-state index contributed by atoms with van der Waals surface area (Å²) in [5.74, 6) is 0.576. The molecule has 5 heteroatoms. The minimum Gasteiger partial charge on any atom is -0.494 e. The van der Waals surface area contributed by atoms with Crippen LogP contribution in [0.15, 0.2) is 30.3 Å². The average molecular weight is 326 g/mol. The molecule has 0 unspecified atom stereocenters. The van der Waals surface area contributed by atoms with Crippen molar-refractivity contribution < 1.29 is 9.53 Å². The van der Waals surface area contributed by atoms with E-state index in [9.17, 15) is 4.79 Å². The zero-order valence-electron chi connectivity index (χ0n) is 13.6. The van der Waals surface area contributed by atoms with Gasteiger partial charge in [-0.2, -0.15) is 0 Å². The molecule has 0 fully saturated rings. The number of nitrogens with one attached hydrogen (secondary N) is 1. The Morgan fingerprint density at radius 1 is 1.13 bits per heavy atom. The number of aryl methyl sites for hydroxylation is 3. The monoisotopic (exact) mass is 326 g/mol. The Balaban J connectivity index is 1.95. The van der Waals surface area contributed by atoms with Gasteiger partial charge < -0.3 is 4.74 Å². The summed E-state index contributed by atoms with van der Waals surface area (Å²) >= 11 is 1.46. The fraction of sp³-hybridized carbons (Fsp3) is 0.222. The van der Waals surface area contributed by atoms with Gasteiger partial charge in [-0.3, -0.25) is 10.1 Å². The predicted molar refractivity (Wildman–Crippen MR) is 94.8 cm³/mol. The van der Waals surface area contributed by atoms with Crippen LogP contribution in [-0.4, -0.2) is 18.0 Å². The smallest absolute Gasteiger partial charge is 0.257 e. The van der Waals surface area contributed by atoms with E-state index in [0.717, 1.165) is 26.9 Å². The Morgan fingerprint density at radius 3 is 2.61 bits per heavy atom. The standard InChI is InChI=1S/C18H18N2O2S/c1-10-5-7-13(12(3)9-10)17(21)20-18-19-15-14(22-4)8-6-11(2)16(15)23-18/h5-9H,1-4H3,(H,19,20,21). The highest BCUT2D eigenvalue weighted by Crippen LogP contribution is 2.34. The number of hydrogen-bond donors (Lipinski definition) is 1. The maximum absolute atomic E-state index is 12.5. The lowest BCUT2D eigenvalue weighted by Gasteiger charge is -2.06. The molecule has 4 nitrogen and oxygen atoms in total. The molecule has 1 heterocycles. The third kappa shape index (κ3) is 2.92. The van der Waals surface area contributed by atoms with Crippen LogP contribution in [0.2, 0.25) is 0 Å². The molecule has 1 amide bonds. The molecule has 0 radical (unpaired) electrons. The number of carbonyl (C=O) groups is 1. The first-order chi connectivity index (χ1) is 11.0. The van der Waals surface area contributed by atoms with Gasteiger partial charge in [-0.1, -0.05) is 35.1 Å². The van der Waals surface area contributed by atoms with E-state index in [4.69, 9.17) is 4.74 Å². The summed E-state index contributed by atoms with van der Waals surface area (Å²) in [5.41, 5.74) is 4.66. The minimum atomic E-state index is -0.141. The Labute approximate surface area is 139 Å². The van der Waals surface area contributed by atoms with Gasteiger partial charge in [0.25, 0.3) is 5.91 Å². The van der Waals surface area contributed by atoms with Crippen molar-refractivity contribution in [3.63, 3.8) is 0 Å². The van der Waals surface area contributed by atoms with Crippen LogP contribution in [-0.2, 0) is 0 Å². The molecule has 0 saturated heterocycles. The lowest BCUT2D eigenvalue weighted by Crippen LogP contribution is -2.13. The van der Waals surface area contributed by atoms with E-state index < -0.39 is 0 Å². The van der Waals surface area contributed by atoms with Crippen molar-refractivity contribution in [1.82, 2.24) is 4.98 Å². The summed E-state index contributed by atoms with van der Waals surface area (Å²) in [6.07, 6.45) is 0. The van der Waals surface area contributed by atoms with Gasteiger partial charge in [0, 0.05) is 5.56 Å². The van der Waals surface area contributed by atoms with Gasteiger partial charge in [0.2, 0.25) is 0 Å². The normalized spacial score (nSPS) is 10.8. The minimum absolute atomic E-state index is 0.141. The number of amides is 1. The third-order valence-corrected chi connectivity index (χ3v) is 4.88. The molecule has 0 aliphatic carbocycles. The summed E-state index contributed by atoms with van der Waals surface area (Å²) in [7, 11) is 1.62. The van der Waals surface area contributed by atoms with Crippen LogP contribution in [0, 0.1) is 20.8 Å². The highest BCUT2D eigenvalue weighted by atomic mass is 32.1. The van der Waals surface area contributed by atoms with Gasteiger partial charge in [-0.05, 0) is 44.0 Å². The second kappa shape index (κ2) is 6.01. The van der Waals surface area contributed by atoms with Crippen LogP contribution in [0.4, 0.5) is 5.13 Å². The number of ether oxygens (including phenoxy) is 1. The van der Waals surface area contributed by atoms with Crippen LogP contribution in [0.5, 0.6) is 5.75 Å². The number of hydrogen-bond acceptors (Lipinski definition) is 4. The topological polar surface area (TPSA) is 51.2 Å². The van der Waals surface area contributed by atoms with Gasteiger partial charge in [0.05, 0.1) is 11.8 Å². The molecule has 0 aliphatic heterocycles. The highest BCUT2D eigenvalue weighted by Gasteiger charge is 2.15. The van der Waals surface area contributed by atoms with Crippen molar-refractivity contribution in [3.8, 4) is 5.75 Å². The number of aromatic nitrogens is 1. The number of methoxy groups -OCH3 is 1. The number of benzene rings is 2. The molecule has 0 spiro atoms. The SMILES string of the molecule is COc1ccc(C)c2sc(NC(=O)c3ccc(C)cc3C)nc12. The molecule has 0 bridgehead atoms. The quantitative estimate of drug-likeness (QED) is 0.772. The van der Waals surface area contributed by atoms with Crippen molar-refractivity contribution in [2.75, 3.05) is 12.4 Å². The Bertz CT molecular complexity index is 899. The van der Waals surface area contributed by atoms with E-state index in [-0.39, 0.29) is 5.91 Å². The molecule has 0 atom stereocenters. The number of fused-ring (bicyclic) bond motifs is 1. The number of thiazole rings is 1. The zero-order valence-corrected chi connectivity index (χ0v) is 14.4. The fourth-order valence-corrected chi connectivity index (χ4v) is 3.51. The van der Waals surface area contributed by atoms with E-state index in [0.29, 0.717) is 16.4 Å². The second-order valence-electron chi connectivity index (χ2n) is 5.55. The summed E-state index contributed by atoms with van der Waals surface area (Å²) in [5, 5.41) is 3.48. The second-order valence-corrected chi connectivity index (χ2v) is 6.55.